The summed E-state index contributed by atoms with van der Waals surface area (Å²) in [5.41, 5.74) is 19.1. The Labute approximate surface area is 178 Å². The Bertz CT molecular complexity index is 1030. The number of anilines is 2. The molecule has 0 unspecified atom stereocenters. The molecular weight excluding hydrogens is 419 g/mol. The first-order chi connectivity index (χ1) is 14.2. The second-order valence-electron chi connectivity index (χ2n) is 7.07. The van der Waals surface area contributed by atoms with Gasteiger partial charge in [-0.2, -0.15) is 0 Å². The van der Waals surface area contributed by atoms with Gasteiger partial charge in [-0.15, -0.1) is 0 Å². The molecule has 0 aromatic heterocycles. The third-order valence-corrected chi connectivity index (χ3v) is 7.63. The van der Waals surface area contributed by atoms with Crippen molar-refractivity contribution in [3.05, 3.63) is 119 Å². The minimum absolute atomic E-state index is 0.209. The number of nitrogens with two attached hydrogens (primary N) is 2. The van der Waals surface area contributed by atoms with Crippen molar-refractivity contribution < 1.29 is 0 Å². The normalized spacial score (nSPS) is 10.8. The molecule has 0 radical (unpaired) electrons. The van der Waals surface area contributed by atoms with Crippen molar-refractivity contribution in [2.75, 3.05) is 11.5 Å². The second kappa shape index (κ2) is 9.00. The van der Waals surface area contributed by atoms with Crippen LogP contribution in [0.25, 0.3) is 0 Å². The van der Waals surface area contributed by atoms with Gasteiger partial charge in [-0.25, -0.2) is 0 Å². The van der Waals surface area contributed by atoms with E-state index in [4.69, 9.17) is 11.5 Å². The van der Waals surface area contributed by atoms with E-state index in [1.54, 1.807) is 0 Å². The van der Waals surface area contributed by atoms with Crippen molar-refractivity contribution in [1.82, 2.24) is 0 Å². The summed E-state index contributed by atoms with van der Waals surface area (Å²) in [7, 11) is 0. The van der Waals surface area contributed by atoms with E-state index in [2.05, 4.69) is 72.8 Å². The van der Waals surface area contributed by atoms with E-state index < -0.39 is 0 Å². The summed E-state index contributed by atoms with van der Waals surface area (Å²) in [6.07, 6.45) is 1.72. The second-order valence-corrected chi connectivity index (χ2v) is 9.34. The first-order valence-corrected chi connectivity index (χ1v) is 11.4. The number of rotatable bonds is 6. The zero-order valence-corrected chi connectivity index (χ0v) is 17.9. The molecule has 29 heavy (non-hydrogen) atoms. The van der Waals surface area contributed by atoms with E-state index in [1.165, 1.54) is 31.2 Å². The van der Waals surface area contributed by atoms with Crippen LogP contribution in [0, 0.1) is 0 Å². The van der Waals surface area contributed by atoms with E-state index in [-0.39, 0.29) is 15.0 Å². The average molecular weight is 443 g/mol. The van der Waals surface area contributed by atoms with Crippen LogP contribution in [0.4, 0.5) is 11.4 Å². The van der Waals surface area contributed by atoms with Crippen LogP contribution in [0.15, 0.2) is 97.1 Å². The van der Waals surface area contributed by atoms with Crippen molar-refractivity contribution in [1.29, 1.82) is 0 Å². The zero-order chi connectivity index (χ0) is 20.1. The number of hydrogen-bond acceptors (Lipinski definition) is 2. The molecule has 4 N–H and O–H groups in total. The van der Waals surface area contributed by atoms with Gasteiger partial charge in [-0.05, 0) is 0 Å². The van der Waals surface area contributed by atoms with Gasteiger partial charge >= 0.3 is 179 Å². The summed E-state index contributed by atoms with van der Waals surface area (Å²) in [5, 5.41) is 0. The molecule has 4 aromatic rings. The topological polar surface area (TPSA) is 52.0 Å². The van der Waals surface area contributed by atoms with Crippen molar-refractivity contribution >= 4 is 35.3 Å². The van der Waals surface area contributed by atoms with Gasteiger partial charge in [0.2, 0.25) is 0 Å². The molecule has 3 heteroatoms. The van der Waals surface area contributed by atoms with Crippen molar-refractivity contribution in [2.45, 2.75) is 12.8 Å². The Morgan fingerprint density at radius 2 is 0.793 bits per heavy atom. The van der Waals surface area contributed by atoms with Crippen LogP contribution in [-0.4, -0.2) is 15.0 Å². The molecule has 0 saturated carbocycles. The van der Waals surface area contributed by atoms with Gasteiger partial charge in [0, 0.05) is 0 Å². The summed E-state index contributed by atoms with van der Waals surface area (Å²) in [4.78, 5) is 0. The van der Waals surface area contributed by atoms with Gasteiger partial charge in [0.25, 0.3) is 0 Å². The van der Waals surface area contributed by atoms with Gasteiger partial charge in [0.15, 0.2) is 0 Å². The van der Waals surface area contributed by atoms with Gasteiger partial charge in [0.1, 0.15) is 0 Å². The third-order valence-electron chi connectivity index (χ3n) is 5.04. The van der Waals surface area contributed by atoms with Crippen LogP contribution >= 0.6 is 0 Å². The molecule has 0 saturated heterocycles. The molecule has 0 spiro atoms. The average Bonchev–Trinajstić information content (AvgIpc) is 2.74. The van der Waals surface area contributed by atoms with Gasteiger partial charge in [-0.1, -0.05) is 0 Å². The quantitative estimate of drug-likeness (QED) is 0.353. The molecule has 0 amide bonds. The maximum atomic E-state index is 6.19. The molecule has 0 aliphatic carbocycles. The molecule has 0 aliphatic rings. The monoisotopic (exact) mass is 444 g/mol. The third kappa shape index (κ3) is 4.71. The Balaban J connectivity index is 1.62. The number of para-hydroxylation sites is 2. The Hall–Kier alpha value is -3.00. The Kier molecular flexibility index (Phi) is 6.00. The van der Waals surface area contributed by atoms with Crippen LogP contribution < -0.4 is 20.4 Å². The summed E-state index contributed by atoms with van der Waals surface area (Å²) in [6.45, 7) is 0. The first-order valence-electron chi connectivity index (χ1n) is 9.71. The molecule has 0 fully saturated rings. The molecule has 0 heterocycles. The van der Waals surface area contributed by atoms with E-state index in [9.17, 15) is 0 Å². The standard InChI is InChI=1S/C26H24N2Se/c27-23-13-5-1-9-19(23)17-21-11-3-7-15-25(21)29-26-16-8-4-12-22(26)18-20-10-2-6-14-24(20)28/h1-16H,17-18,27-28H2. The number of hydrogen-bond donors (Lipinski definition) is 2. The fourth-order valence-corrected chi connectivity index (χ4v) is 5.67. The van der Waals surface area contributed by atoms with Crippen molar-refractivity contribution in [3.8, 4) is 0 Å². The number of benzene rings is 4. The van der Waals surface area contributed by atoms with E-state index in [1.807, 2.05) is 24.3 Å². The molecular formula is C26H24N2Se. The predicted octanol–water partition coefficient (Wildman–Crippen LogP) is 3.69. The minimum atomic E-state index is 0.209. The van der Waals surface area contributed by atoms with E-state index >= 15 is 0 Å². The molecule has 2 nitrogen and oxygen atoms in total. The van der Waals surface area contributed by atoms with E-state index in [0.717, 1.165) is 24.2 Å². The molecule has 0 bridgehead atoms. The molecule has 0 aliphatic heterocycles. The molecule has 0 atom stereocenters. The summed E-state index contributed by atoms with van der Waals surface area (Å²) in [5.74, 6) is 0. The number of nitrogen functional groups attached to an aromatic ring is 2. The fraction of sp³-hybridized carbons (Fsp3) is 0.0769. The summed E-state index contributed by atoms with van der Waals surface area (Å²) < 4.78 is 2.80. The van der Waals surface area contributed by atoms with Crippen LogP contribution in [-0.2, 0) is 12.8 Å². The van der Waals surface area contributed by atoms with Crippen molar-refractivity contribution in [3.63, 3.8) is 0 Å². The summed E-state index contributed by atoms with van der Waals surface area (Å²) in [6, 6.07) is 33.7. The van der Waals surface area contributed by atoms with Gasteiger partial charge < -0.3 is 0 Å². The zero-order valence-electron chi connectivity index (χ0n) is 16.2. The van der Waals surface area contributed by atoms with Gasteiger partial charge in [-0.3, -0.25) is 0 Å². The SMILES string of the molecule is Nc1ccccc1Cc1ccccc1[Se]c1ccccc1Cc1ccccc1N. The first kappa shape index (κ1) is 19.3. The Morgan fingerprint density at radius 3 is 1.21 bits per heavy atom. The van der Waals surface area contributed by atoms with Gasteiger partial charge in [0.05, 0.1) is 0 Å². The van der Waals surface area contributed by atoms with E-state index in [0.29, 0.717) is 0 Å². The Morgan fingerprint density at radius 1 is 0.448 bits per heavy atom. The fourth-order valence-electron chi connectivity index (χ4n) is 3.42. The van der Waals surface area contributed by atoms with Crippen LogP contribution in [0.2, 0.25) is 0 Å². The molecule has 4 rings (SSSR count). The molecule has 4 aromatic carbocycles. The summed E-state index contributed by atoms with van der Waals surface area (Å²) >= 11 is 0.209. The van der Waals surface area contributed by atoms with Crippen LogP contribution in [0.1, 0.15) is 22.3 Å². The van der Waals surface area contributed by atoms with Crippen LogP contribution in [0.5, 0.6) is 0 Å². The molecule has 144 valence electrons. The maximum absolute atomic E-state index is 6.19. The van der Waals surface area contributed by atoms with Crippen molar-refractivity contribution in [2.24, 2.45) is 0 Å². The predicted molar refractivity (Wildman–Crippen MR) is 125 cm³/mol. The van der Waals surface area contributed by atoms with Crippen LogP contribution in [0.3, 0.4) is 0 Å².